The highest BCUT2D eigenvalue weighted by Gasteiger charge is 2.34. The number of aromatic nitrogens is 2. The number of hydrogen-bond acceptors (Lipinski definition) is 4. The van der Waals surface area contributed by atoms with Crippen molar-refractivity contribution in [3.8, 4) is 0 Å². The van der Waals surface area contributed by atoms with Gasteiger partial charge in [-0.15, -0.1) is 0 Å². The van der Waals surface area contributed by atoms with Crippen LogP contribution in [0, 0.1) is 6.92 Å². The first kappa shape index (κ1) is 22.7. The Morgan fingerprint density at radius 1 is 1.23 bits per heavy atom. The van der Waals surface area contributed by atoms with E-state index < -0.39 is 18.0 Å². The molecule has 4 amide bonds. The number of carbonyl (C=O) groups is 3. The first-order chi connectivity index (χ1) is 16.9. The fourth-order valence-corrected chi connectivity index (χ4v) is 5.06. The molecule has 1 unspecified atom stereocenters. The van der Waals surface area contributed by atoms with Gasteiger partial charge in [0, 0.05) is 37.5 Å². The zero-order valence-electron chi connectivity index (χ0n) is 19.5. The van der Waals surface area contributed by atoms with E-state index in [1.54, 1.807) is 16.0 Å². The van der Waals surface area contributed by atoms with E-state index >= 15 is 0 Å². The first-order valence-electron chi connectivity index (χ1n) is 11.8. The minimum absolute atomic E-state index is 0.0274. The van der Waals surface area contributed by atoms with Crippen LogP contribution >= 0.6 is 0 Å². The lowest BCUT2D eigenvalue weighted by molar-refractivity contribution is -0.139. The Kier molecular flexibility index (Phi) is 6.02. The van der Waals surface area contributed by atoms with Crippen molar-refractivity contribution in [1.82, 2.24) is 25.7 Å². The number of piperidine rings is 1. The summed E-state index contributed by atoms with van der Waals surface area (Å²) < 4.78 is 0. The number of hydrogen-bond donors (Lipinski definition) is 4. The number of likely N-dealkylation sites (tertiary alicyclic amines) is 1. The monoisotopic (exact) mass is 476 g/mol. The number of aromatic amines is 1. The molecule has 1 atom stereocenters. The van der Waals surface area contributed by atoms with E-state index in [0.29, 0.717) is 32.5 Å². The van der Waals surface area contributed by atoms with Crippen molar-refractivity contribution in [2.75, 3.05) is 18.0 Å². The quantitative estimate of drug-likeness (QED) is 0.450. The summed E-state index contributed by atoms with van der Waals surface area (Å²) in [5, 5.41) is 23.2. The number of anilines is 1. The van der Waals surface area contributed by atoms with E-state index in [-0.39, 0.29) is 18.5 Å². The van der Waals surface area contributed by atoms with E-state index in [1.165, 1.54) is 0 Å². The summed E-state index contributed by atoms with van der Waals surface area (Å²) in [5.41, 5.74) is 4.68. The van der Waals surface area contributed by atoms with Crippen LogP contribution < -0.4 is 15.5 Å². The van der Waals surface area contributed by atoms with Crippen LogP contribution in [0.2, 0.25) is 0 Å². The predicted octanol–water partition coefficient (Wildman–Crippen LogP) is 2.77. The molecule has 2 aliphatic heterocycles. The summed E-state index contributed by atoms with van der Waals surface area (Å²) in [5.74, 6) is -1.08. The van der Waals surface area contributed by atoms with Crippen LogP contribution in [0.25, 0.3) is 10.9 Å². The van der Waals surface area contributed by atoms with Gasteiger partial charge in [0.25, 0.3) is 0 Å². The number of H-pyrrole nitrogens is 1. The Hall–Kier alpha value is -4.08. The summed E-state index contributed by atoms with van der Waals surface area (Å²) in [6, 6.07) is 10.0. The number of urea groups is 2. The van der Waals surface area contributed by atoms with Crippen molar-refractivity contribution >= 4 is 34.6 Å². The minimum atomic E-state index is -1.08. The lowest BCUT2D eigenvalue weighted by Crippen LogP contribution is -2.56. The van der Waals surface area contributed by atoms with Crippen molar-refractivity contribution in [2.24, 2.45) is 0 Å². The Labute approximate surface area is 202 Å². The van der Waals surface area contributed by atoms with Gasteiger partial charge in [-0.25, -0.2) is 14.4 Å². The van der Waals surface area contributed by atoms with Crippen molar-refractivity contribution in [2.45, 2.75) is 44.8 Å². The molecular weight excluding hydrogens is 448 g/mol. The van der Waals surface area contributed by atoms with Gasteiger partial charge in [-0.05, 0) is 48.6 Å². The van der Waals surface area contributed by atoms with Crippen molar-refractivity contribution in [3.63, 3.8) is 0 Å². The van der Waals surface area contributed by atoms with Crippen LogP contribution in [0.5, 0.6) is 0 Å². The van der Waals surface area contributed by atoms with Crippen LogP contribution in [-0.4, -0.2) is 63.4 Å². The maximum Gasteiger partial charge on any atom is 0.326 e. The van der Waals surface area contributed by atoms with Crippen LogP contribution in [0.4, 0.5) is 15.3 Å². The molecule has 3 aromatic rings. The SMILES string of the molecule is Cc1cc(CC(NC(=O)N2CCC(N3C(=O)NCc4ccccc43)CC2)C(=O)O)cc2cn[nH]c12. The maximum absolute atomic E-state index is 12.9. The number of aryl methyl sites for hydroxylation is 1. The second-order valence-corrected chi connectivity index (χ2v) is 9.17. The number of rotatable bonds is 5. The predicted molar refractivity (Wildman–Crippen MR) is 130 cm³/mol. The molecule has 5 rings (SSSR count). The van der Waals surface area contributed by atoms with Gasteiger partial charge in [0.15, 0.2) is 0 Å². The van der Waals surface area contributed by atoms with Gasteiger partial charge >= 0.3 is 18.0 Å². The van der Waals surface area contributed by atoms with Gasteiger partial charge in [0.1, 0.15) is 6.04 Å². The van der Waals surface area contributed by atoms with Crippen molar-refractivity contribution in [1.29, 1.82) is 0 Å². The van der Waals surface area contributed by atoms with Crippen LogP contribution in [0.1, 0.15) is 29.5 Å². The van der Waals surface area contributed by atoms with Gasteiger partial charge in [-0.1, -0.05) is 24.3 Å². The highest BCUT2D eigenvalue weighted by Crippen LogP contribution is 2.30. The van der Waals surface area contributed by atoms with Gasteiger partial charge < -0.3 is 20.6 Å². The molecule has 0 saturated carbocycles. The molecule has 1 saturated heterocycles. The number of amides is 4. The van der Waals surface area contributed by atoms with Crippen LogP contribution in [0.15, 0.2) is 42.6 Å². The summed E-state index contributed by atoms with van der Waals surface area (Å²) in [6.45, 7) is 3.32. The van der Waals surface area contributed by atoms with Crippen molar-refractivity contribution in [3.05, 3.63) is 59.3 Å². The number of carboxylic acid groups (broad SMARTS) is 1. The number of carboxylic acids is 1. The molecule has 2 aliphatic rings. The Bertz CT molecular complexity index is 1280. The van der Waals surface area contributed by atoms with E-state index in [9.17, 15) is 19.5 Å². The summed E-state index contributed by atoms with van der Waals surface area (Å²) in [6.07, 6.45) is 3.10. The third kappa shape index (κ3) is 4.51. The third-order valence-electron chi connectivity index (χ3n) is 6.86. The lowest BCUT2D eigenvalue weighted by atomic mass is 10.00. The molecule has 2 aromatic carbocycles. The summed E-state index contributed by atoms with van der Waals surface area (Å²) in [7, 11) is 0. The number of nitrogens with zero attached hydrogens (tertiary/aromatic N) is 3. The molecule has 10 heteroatoms. The molecule has 0 bridgehead atoms. The van der Waals surface area contributed by atoms with Crippen molar-refractivity contribution < 1.29 is 19.5 Å². The topological polar surface area (TPSA) is 131 Å². The summed E-state index contributed by atoms with van der Waals surface area (Å²) in [4.78, 5) is 40.9. The molecule has 3 heterocycles. The maximum atomic E-state index is 12.9. The molecular formula is C25H28N6O4. The zero-order valence-corrected chi connectivity index (χ0v) is 19.5. The molecule has 1 aromatic heterocycles. The number of nitrogens with one attached hydrogen (secondary N) is 3. The largest absolute Gasteiger partial charge is 0.480 e. The average molecular weight is 477 g/mol. The fourth-order valence-electron chi connectivity index (χ4n) is 5.06. The smallest absolute Gasteiger partial charge is 0.326 e. The minimum Gasteiger partial charge on any atom is -0.480 e. The van der Waals surface area contributed by atoms with E-state index in [2.05, 4.69) is 20.8 Å². The molecule has 35 heavy (non-hydrogen) atoms. The molecule has 1 fully saturated rings. The van der Waals surface area contributed by atoms with Crippen LogP contribution in [0.3, 0.4) is 0 Å². The number of para-hydroxylation sites is 1. The number of aliphatic carboxylic acids is 1. The molecule has 0 aliphatic carbocycles. The van der Waals surface area contributed by atoms with E-state index in [4.69, 9.17) is 0 Å². The fraction of sp³-hybridized carbons (Fsp3) is 0.360. The molecule has 4 N–H and O–H groups in total. The lowest BCUT2D eigenvalue weighted by Gasteiger charge is -2.41. The zero-order chi connectivity index (χ0) is 24.5. The second-order valence-electron chi connectivity index (χ2n) is 9.17. The van der Waals surface area contributed by atoms with Gasteiger partial charge in [-0.2, -0.15) is 5.10 Å². The number of carbonyl (C=O) groups excluding carboxylic acids is 2. The summed E-state index contributed by atoms with van der Waals surface area (Å²) >= 11 is 0. The molecule has 182 valence electrons. The van der Waals surface area contributed by atoms with Gasteiger partial charge in [0.2, 0.25) is 0 Å². The molecule has 0 spiro atoms. The average Bonchev–Trinajstić information content (AvgIpc) is 3.33. The second kappa shape index (κ2) is 9.28. The van der Waals surface area contributed by atoms with Crippen LogP contribution in [-0.2, 0) is 17.8 Å². The molecule has 0 radical (unpaired) electrons. The first-order valence-corrected chi connectivity index (χ1v) is 11.8. The highest BCUT2D eigenvalue weighted by molar-refractivity contribution is 5.95. The van der Waals surface area contributed by atoms with E-state index in [1.807, 2.05) is 43.3 Å². The molecule has 10 nitrogen and oxygen atoms in total. The van der Waals surface area contributed by atoms with Gasteiger partial charge in [0.05, 0.1) is 17.4 Å². The Morgan fingerprint density at radius 2 is 2.00 bits per heavy atom. The van der Waals surface area contributed by atoms with E-state index in [0.717, 1.165) is 33.3 Å². The Morgan fingerprint density at radius 3 is 2.77 bits per heavy atom. The third-order valence-corrected chi connectivity index (χ3v) is 6.86. The van der Waals surface area contributed by atoms with Gasteiger partial charge in [-0.3, -0.25) is 10.00 Å². The number of fused-ring (bicyclic) bond motifs is 2. The standard InChI is InChI=1S/C25H28N6O4/c1-15-10-16(11-18-14-27-29-22(15)18)12-20(23(32)33)28-25(35)30-8-6-19(7-9-30)31-21-5-3-2-4-17(21)13-26-24(31)34/h2-5,10-11,14,19-20H,6-9,12-13H2,1H3,(H,26,34)(H,27,29)(H,28,35)(H,32,33). The normalized spacial score (nSPS) is 17.1. The number of benzene rings is 2. The highest BCUT2D eigenvalue weighted by atomic mass is 16.4. The Balaban J connectivity index is 1.22.